The molecule has 1 amide bonds. The molecule has 0 saturated carbocycles. The van der Waals surface area contributed by atoms with E-state index in [-0.39, 0.29) is 11.7 Å². The zero-order valence-electron chi connectivity index (χ0n) is 15.0. The number of carbonyl (C=O) groups excluding carboxylic acids is 1. The predicted molar refractivity (Wildman–Crippen MR) is 112 cm³/mol. The summed E-state index contributed by atoms with van der Waals surface area (Å²) in [4.78, 5) is 12.4. The molecule has 0 aliphatic carbocycles. The molecule has 0 spiro atoms. The highest BCUT2D eigenvalue weighted by atomic mass is 79.9. The summed E-state index contributed by atoms with van der Waals surface area (Å²) < 4.78 is 15.7. The lowest BCUT2D eigenvalue weighted by molar-refractivity contribution is -0.113. The first kappa shape index (κ1) is 19.6. The monoisotopic (exact) mass is 447 g/mol. The topological polar surface area (TPSA) is 46.9 Å². The van der Waals surface area contributed by atoms with E-state index in [1.807, 2.05) is 48.9 Å². The molecule has 0 aliphatic rings. The molecule has 140 valence electrons. The molecule has 0 saturated heterocycles. The second kappa shape index (κ2) is 8.71. The fraction of sp³-hybridized carbons (Fsp3) is 0.200. The van der Waals surface area contributed by atoms with Crippen molar-refractivity contribution >= 4 is 39.3 Å². The van der Waals surface area contributed by atoms with Crippen molar-refractivity contribution in [2.75, 3.05) is 11.1 Å². The van der Waals surface area contributed by atoms with Crippen LogP contribution in [0.1, 0.15) is 17.0 Å². The first-order valence-electron chi connectivity index (χ1n) is 8.39. The summed E-state index contributed by atoms with van der Waals surface area (Å²) in [5.74, 6) is 0.557. The van der Waals surface area contributed by atoms with Gasteiger partial charge in [-0.2, -0.15) is 5.10 Å². The maximum Gasteiger partial charge on any atom is 0.234 e. The molecule has 0 radical (unpaired) electrons. The van der Waals surface area contributed by atoms with Gasteiger partial charge in [0.2, 0.25) is 5.91 Å². The maximum atomic E-state index is 13.1. The number of nitrogens with zero attached hydrogens (tertiary/aromatic N) is 2. The zero-order valence-corrected chi connectivity index (χ0v) is 17.4. The summed E-state index contributed by atoms with van der Waals surface area (Å²) >= 11 is 4.82. The number of rotatable bonds is 6. The molecular weight excluding hydrogens is 429 g/mol. The van der Waals surface area contributed by atoms with E-state index in [2.05, 4.69) is 26.3 Å². The van der Waals surface area contributed by atoms with Gasteiger partial charge >= 0.3 is 0 Å². The Bertz CT molecular complexity index is 959. The minimum Gasteiger partial charge on any atom is -0.322 e. The van der Waals surface area contributed by atoms with Gasteiger partial charge in [-0.15, -0.1) is 11.8 Å². The second-order valence-corrected chi connectivity index (χ2v) is 7.91. The number of thioether (sulfide) groups is 1. The van der Waals surface area contributed by atoms with Gasteiger partial charge in [0, 0.05) is 10.2 Å². The molecule has 7 heteroatoms. The Balaban J connectivity index is 1.62. The van der Waals surface area contributed by atoms with E-state index in [0.29, 0.717) is 16.0 Å². The molecule has 0 unspecified atom stereocenters. The van der Waals surface area contributed by atoms with Gasteiger partial charge in [0.05, 0.1) is 28.5 Å². The summed E-state index contributed by atoms with van der Waals surface area (Å²) in [7, 11) is 0. The van der Waals surface area contributed by atoms with Crippen LogP contribution in [0, 0.1) is 19.7 Å². The number of anilines is 1. The molecule has 27 heavy (non-hydrogen) atoms. The van der Waals surface area contributed by atoms with Crippen molar-refractivity contribution in [2.24, 2.45) is 0 Å². The van der Waals surface area contributed by atoms with Crippen molar-refractivity contribution in [3.05, 3.63) is 75.8 Å². The standard InChI is InChI=1S/C20H19BrFN3OS/c1-13-20(14(2)25(24-13)17-6-4-3-5-7-17)23-19(26)12-27-11-15-8-9-16(22)10-18(15)21/h3-10H,11-12H2,1-2H3,(H,23,26). The van der Waals surface area contributed by atoms with Crippen LogP contribution in [0.4, 0.5) is 10.1 Å². The summed E-state index contributed by atoms with van der Waals surface area (Å²) in [6, 6.07) is 14.4. The number of halogens is 2. The van der Waals surface area contributed by atoms with Gasteiger partial charge in [-0.1, -0.05) is 40.2 Å². The van der Waals surface area contributed by atoms with Crippen LogP contribution in [0.15, 0.2) is 53.0 Å². The summed E-state index contributed by atoms with van der Waals surface area (Å²) in [6.45, 7) is 3.82. The molecule has 1 aromatic heterocycles. The van der Waals surface area contributed by atoms with Crippen LogP contribution >= 0.6 is 27.7 Å². The van der Waals surface area contributed by atoms with Crippen molar-refractivity contribution in [2.45, 2.75) is 19.6 Å². The third kappa shape index (κ3) is 4.78. The molecule has 1 N–H and O–H groups in total. The van der Waals surface area contributed by atoms with E-state index in [9.17, 15) is 9.18 Å². The average molecular weight is 448 g/mol. The van der Waals surface area contributed by atoms with Crippen LogP contribution in [0.5, 0.6) is 0 Å². The lowest BCUT2D eigenvalue weighted by Crippen LogP contribution is -2.15. The minimum atomic E-state index is -0.283. The molecule has 4 nitrogen and oxygen atoms in total. The molecule has 2 aromatic carbocycles. The van der Waals surface area contributed by atoms with E-state index in [0.717, 1.165) is 28.3 Å². The Labute approximate surface area is 170 Å². The van der Waals surface area contributed by atoms with Crippen LogP contribution < -0.4 is 5.32 Å². The SMILES string of the molecule is Cc1nn(-c2ccccc2)c(C)c1NC(=O)CSCc1ccc(F)cc1Br. The van der Waals surface area contributed by atoms with Crippen molar-refractivity contribution in [1.82, 2.24) is 9.78 Å². The lowest BCUT2D eigenvalue weighted by atomic mass is 10.2. The number of aryl methyl sites for hydroxylation is 1. The van der Waals surface area contributed by atoms with Crippen molar-refractivity contribution in [1.29, 1.82) is 0 Å². The van der Waals surface area contributed by atoms with Crippen molar-refractivity contribution < 1.29 is 9.18 Å². The van der Waals surface area contributed by atoms with Gasteiger partial charge in [0.1, 0.15) is 5.82 Å². The zero-order chi connectivity index (χ0) is 19.4. The highest BCUT2D eigenvalue weighted by molar-refractivity contribution is 9.10. The third-order valence-electron chi connectivity index (χ3n) is 4.06. The smallest absolute Gasteiger partial charge is 0.234 e. The van der Waals surface area contributed by atoms with E-state index in [1.54, 1.807) is 6.07 Å². The normalized spacial score (nSPS) is 10.8. The Hall–Kier alpha value is -2.12. The first-order valence-corrected chi connectivity index (χ1v) is 10.3. The van der Waals surface area contributed by atoms with Crippen molar-refractivity contribution in [3.63, 3.8) is 0 Å². The Kier molecular flexibility index (Phi) is 6.34. The second-order valence-electron chi connectivity index (χ2n) is 6.07. The largest absolute Gasteiger partial charge is 0.322 e. The highest BCUT2D eigenvalue weighted by Crippen LogP contribution is 2.25. The average Bonchev–Trinajstić information content (AvgIpc) is 2.92. The molecule has 3 aromatic rings. The third-order valence-corrected chi connectivity index (χ3v) is 5.78. The number of carbonyl (C=O) groups is 1. The van der Waals surface area contributed by atoms with Gasteiger partial charge in [-0.3, -0.25) is 4.79 Å². The summed E-state index contributed by atoms with van der Waals surface area (Å²) in [5.41, 5.74) is 4.31. The van der Waals surface area contributed by atoms with Gasteiger partial charge in [-0.05, 0) is 43.7 Å². The Morgan fingerprint density at radius 1 is 1.22 bits per heavy atom. The molecule has 3 rings (SSSR count). The quantitative estimate of drug-likeness (QED) is 0.560. The highest BCUT2D eigenvalue weighted by Gasteiger charge is 2.15. The summed E-state index contributed by atoms with van der Waals surface area (Å²) in [5, 5.41) is 7.50. The number of amides is 1. The van der Waals surface area contributed by atoms with Crippen LogP contribution in [0.2, 0.25) is 0 Å². The van der Waals surface area contributed by atoms with Gasteiger partial charge in [0.25, 0.3) is 0 Å². The van der Waals surface area contributed by atoms with Crippen LogP contribution in [0.25, 0.3) is 5.69 Å². The molecule has 0 aliphatic heterocycles. The number of benzene rings is 2. The lowest BCUT2D eigenvalue weighted by Gasteiger charge is -2.08. The van der Waals surface area contributed by atoms with Gasteiger partial charge < -0.3 is 5.32 Å². The van der Waals surface area contributed by atoms with Crippen LogP contribution in [-0.4, -0.2) is 21.4 Å². The summed E-state index contributed by atoms with van der Waals surface area (Å²) in [6.07, 6.45) is 0. The Morgan fingerprint density at radius 3 is 2.67 bits per heavy atom. The fourth-order valence-corrected chi connectivity index (χ4v) is 4.22. The number of hydrogen-bond acceptors (Lipinski definition) is 3. The molecule has 0 bridgehead atoms. The van der Waals surface area contributed by atoms with Crippen LogP contribution in [-0.2, 0) is 10.5 Å². The van der Waals surface area contributed by atoms with E-state index >= 15 is 0 Å². The minimum absolute atomic E-state index is 0.0861. The number of hydrogen-bond donors (Lipinski definition) is 1. The van der Waals surface area contributed by atoms with Gasteiger partial charge in [0.15, 0.2) is 0 Å². The Morgan fingerprint density at radius 2 is 1.96 bits per heavy atom. The van der Waals surface area contributed by atoms with Gasteiger partial charge in [-0.25, -0.2) is 9.07 Å². The number of aromatic nitrogens is 2. The first-order chi connectivity index (χ1) is 13.0. The van der Waals surface area contributed by atoms with E-state index in [4.69, 9.17) is 0 Å². The molecule has 0 atom stereocenters. The van der Waals surface area contributed by atoms with Crippen molar-refractivity contribution in [3.8, 4) is 5.69 Å². The molecule has 0 fully saturated rings. The van der Waals surface area contributed by atoms with E-state index in [1.165, 1.54) is 23.9 Å². The number of para-hydroxylation sites is 1. The predicted octanol–water partition coefficient (Wildman–Crippen LogP) is 5.26. The molecular formula is C20H19BrFN3OS. The maximum absolute atomic E-state index is 13.1. The molecule has 1 heterocycles. The van der Waals surface area contributed by atoms with E-state index < -0.39 is 0 Å². The fourth-order valence-electron chi connectivity index (χ4n) is 2.71. The number of nitrogens with one attached hydrogen (secondary N) is 1. The van der Waals surface area contributed by atoms with Crippen LogP contribution in [0.3, 0.4) is 0 Å².